The molecule has 0 aromatic heterocycles. The number of carbonyl (C=O) groups is 1. The van der Waals surface area contributed by atoms with Crippen molar-refractivity contribution in [2.45, 2.75) is 6.92 Å². The number of hydrogen-bond acceptors (Lipinski definition) is 4. The van der Waals surface area contributed by atoms with Gasteiger partial charge in [-0.05, 0) is 6.92 Å². The van der Waals surface area contributed by atoms with Crippen LogP contribution in [-0.4, -0.2) is 37.4 Å². The number of halogens is 1. The van der Waals surface area contributed by atoms with Crippen molar-refractivity contribution < 1.29 is 14.6 Å². The van der Waals surface area contributed by atoms with Gasteiger partial charge in [0.25, 0.3) is 0 Å². The lowest BCUT2D eigenvalue weighted by Crippen LogP contribution is -2.27. The van der Waals surface area contributed by atoms with Gasteiger partial charge < -0.3 is 15.2 Å². The fourth-order valence-corrected chi connectivity index (χ4v) is 0.482. The minimum atomic E-state index is -0.282. The third-order valence-electron chi connectivity index (χ3n) is 0.863. The quantitative estimate of drug-likeness (QED) is 0.448. The zero-order valence-electron chi connectivity index (χ0n) is 6.50. The molecule has 0 heterocycles. The summed E-state index contributed by atoms with van der Waals surface area (Å²) in [4.78, 5) is 10.6. The van der Waals surface area contributed by atoms with Gasteiger partial charge in [-0.2, -0.15) is 0 Å². The Labute approximate surface area is 72.3 Å². The molecule has 0 aliphatic carbocycles. The van der Waals surface area contributed by atoms with Crippen LogP contribution in [0.2, 0.25) is 0 Å². The smallest absolute Gasteiger partial charge is 0.319 e. The molecule has 0 aromatic rings. The molecule has 0 bridgehead atoms. The van der Waals surface area contributed by atoms with E-state index in [4.69, 9.17) is 5.11 Å². The van der Waals surface area contributed by atoms with Crippen molar-refractivity contribution in [1.29, 1.82) is 0 Å². The van der Waals surface area contributed by atoms with E-state index in [2.05, 4.69) is 10.1 Å². The predicted molar refractivity (Wildman–Crippen MR) is 43.8 cm³/mol. The van der Waals surface area contributed by atoms with E-state index in [-0.39, 0.29) is 31.5 Å². The molecule has 5 heteroatoms. The molecule has 11 heavy (non-hydrogen) atoms. The first-order chi connectivity index (χ1) is 4.81. The van der Waals surface area contributed by atoms with Gasteiger partial charge in [-0.25, -0.2) is 0 Å². The molecule has 2 N–H and O–H groups in total. The van der Waals surface area contributed by atoms with E-state index < -0.39 is 0 Å². The van der Waals surface area contributed by atoms with Gasteiger partial charge in [0.15, 0.2) is 0 Å². The van der Waals surface area contributed by atoms with Crippen LogP contribution in [0.5, 0.6) is 0 Å². The maximum atomic E-state index is 10.6. The summed E-state index contributed by atoms with van der Waals surface area (Å²) < 4.78 is 4.61. The van der Waals surface area contributed by atoms with E-state index in [1.807, 2.05) is 0 Å². The molecular weight excluding hydrogens is 170 g/mol. The van der Waals surface area contributed by atoms with Crippen LogP contribution in [0, 0.1) is 0 Å². The van der Waals surface area contributed by atoms with Crippen LogP contribution in [0.1, 0.15) is 6.92 Å². The van der Waals surface area contributed by atoms with Crippen LogP contribution >= 0.6 is 12.4 Å². The summed E-state index contributed by atoms with van der Waals surface area (Å²) >= 11 is 0. The number of nitrogens with one attached hydrogen (secondary N) is 1. The predicted octanol–water partition coefficient (Wildman–Crippen LogP) is -0.447. The fourth-order valence-electron chi connectivity index (χ4n) is 0.482. The minimum Gasteiger partial charge on any atom is -0.465 e. The second-order valence-corrected chi connectivity index (χ2v) is 1.71. The first-order valence-corrected chi connectivity index (χ1v) is 3.28. The van der Waals surface area contributed by atoms with Gasteiger partial charge in [-0.1, -0.05) is 0 Å². The summed E-state index contributed by atoms with van der Waals surface area (Å²) in [6, 6.07) is 0. The van der Waals surface area contributed by atoms with E-state index >= 15 is 0 Å². The SMILES string of the molecule is CCOC(=O)CNCCO.Cl. The lowest BCUT2D eigenvalue weighted by atomic mass is 10.6. The van der Waals surface area contributed by atoms with E-state index in [1.165, 1.54) is 0 Å². The van der Waals surface area contributed by atoms with Crippen LogP contribution in [0.4, 0.5) is 0 Å². The highest BCUT2D eigenvalue weighted by Crippen LogP contribution is 1.73. The second-order valence-electron chi connectivity index (χ2n) is 1.71. The third kappa shape index (κ3) is 9.68. The van der Waals surface area contributed by atoms with Crippen LogP contribution in [-0.2, 0) is 9.53 Å². The molecule has 0 amide bonds. The highest BCUT2D eigenvalue weighted by atomic mass is 35.5. The summed E-state index contributed by atoms with van der Waals surface area (Å²) in [5.74, 6) is -0.282. The Bertz CT molecular complexity index is 99.8. The largest absolute Gasteiger partial charge is 0.465 e. The maximum Gasteiger partial charge on any atom is 0.319 e. The fraction of sp³-hybridized carbons (Fsp3) is 0.833. The first kappa shape index (κ1) is 13.3. The van der Waals surface area contributed by atoms with Crippen LogP contribution < -0.4 is 5.32 Å². The third-order valence-corrected chi connectivity index (χ3v) is 0.863. The van der Waals surface area contributed by atoms with Crippen LogP contribution in [0.3, 0.4) is 0 Å². The van der Waals surface area contributed by atoms with Crippen molar-refractivity contribution in [2.24, 2.45) is 0 Å². The molecule has 0 radical (unpaired) electrons. The van der Waals surface area contributed by atoms with Crippen molar-refractivity contribution in [3.05, 3.63) is 0 Å². The Hall–Kier alpha value is -0.320. The Balaban J connectivity index is 0. The molecular formula is C6H14ClNO3. The summed E-state index contributed by atoms with van der Waals surface area (Å²) in [7, 11) is 0. The normalized spacial score (nSPS) is 8.55. The van der Waals surface area contributed by atoms with Gasteiger partial charge in [0.2, 0.25) is 0 Å². The summed E-state index contributed by atoms with van der Waals surface area (Å²) in [5, 5.41) is 11.0. The van der Waals surface area contributed by atoms with Gasteiger partial charge in [-0.15, -0.1) is 12.4 Å². The highest BCUT2D eigenvalue weighted by molar-refractivity contribution is 5.85. The molecule has 0 atom stereocenters. The number of ether oxygens (including phenoxy) is 1. The standard InChI is InChI=1S/C6H13NO3.ClH/c1-2-10-6(9)5-7-3-4-8;/h7-8H,2-5H2,1H3;1H. The lowest BCUT2D eigenvalue weighted by molar-refractivity contribution is -0.142. The van der Waals surface area contributed by atoms with Crippen LogP contribution in [0.15, 0.2) is 0 Å². The van der Waals surface area contributed by atoms with Crippen molar-refractivity contribution >= 4 is 18.4 Å². The topological polar surface area (TPSA) is 58.6 Å². The summed E-state index contributed by atoms with van der Waals surface area (Å²) in [6.45, 7) is 2.80. The number of rotatable bonds is 5. The molecule has 68 valence electrons. The Morgan fingerprint density at radius 2 is 2.27 bits per heavy atom. The van der Waals surface area contributed by atoms with E-state index in [1.54, 1.807) is 6.92 Å². The first-order valence-electron chi connectivity index (χ1n) is 3.28. The number of aliphatic hydroxyl groups excluding tert-OH is 1. The summed E-state index contributed by atoms with van der Waals surface area (Å²) in [6.07, 6.45) is 0. The molecule has 4 nitrogen and oxygen atoms in total. The summed E-state index contributed by atoms with van der Waals surface area (Å²) in [5.41, 5.74) is 0. The zero-order chi connectivity index (χ0) is 7.82. The van der Waals surface area contributed by atoms with Crippen molar-refractivity contribution in [3.63, 3.8) is 0 Å². The van der Waals surface area contributed by atoms with Gasteiger partial charge in [0, 0.05) is 6.54 Å². The molecule has 0 aliphatic rings. The molecule has 0 saturated carbocycles. The average molecular weight is 184 g/mol. The molecule has 0 spiro atoms. The van der Waals surface area contributed by atoms with Gasteiger partial charge in [0.1, 0.15) is 0 Å². The molecule has 0 aromatic carbocycles. The monoisotopic (exact) mass is 183 g/mol. The average Bonchev–Trinajstić information content (AvgIpc) is 1.89. The molecule has 0 fully saturated rings. The number of esters is 1. The van der Waals surface area contributed by atoms with Gasteiger partial charge in [0.05, 0.1) is 19.8 Å². The number of carbonyl (C=O) groups excluding carboxylic acids is 1. The molecule has 0 saturated heterocycles. The van der Waals surface area contributed by atoms with E-state index in [9.17, 15) is 4.79 Å². The maximum absolute atomic E-state index is 10.6. The Morgan fingerprint density at radius 3 is 2.73 bits per heavy atom. The zero-order valence-corrected chi connectivity index (χ0v) is 7.32. The molecule has 0 rings (SSSR count). The van der Waals surface area contributed by atoms with Crippen molar-refractivity contribution in [2.75, 3.05) is 26.3 Å². The van der Waals surface area contributed by atoms with Crippen LogP contribution in [0.25, 0.3) is 0 Å². The molecule has 0 aliphatic heterocycles. The highest BCUT2D eigenvalue weighted by Gasteiger charge is 1.97. The van der Waals surface area contributed by atoms with Crippen molar-refractivity contribution in [3.8, 4) is 0 Å². The lowest BCUT2D eigenvalue weighted by Gasteiger charge is -2.01. The minimum absolute atomic E-state index is 0. The van der Waals surface area contributed by atoms with Gasteiger partial charge >= 0.3 is 5.97 Å². The van der Waals surface area contributed by atoms with Crippen molar-refractivity contribution in [1.82, 2.24) is 5.32 Å². The van der Waals surface area contributed by atoms with E-state index in [0.29, 0.717) is 13.2 Å². The van der Waals surface area contributed by atoms with Gasteiger partial charge in [-0.3, -0.25) is 4.79 Å². The van der Waals surface area contributed by atoms with E-state index in [0.717, 1.165) is 0 Å². The molecule has 0 unspecified atom stereocenters. The second kappa shape index (κ2) is 9.68. The number of aliphatic hydroxyl groups is 1. The number of hydrogen-bond donors (Lipinski definition) is 2. The Morgan fingerprint density at radius 1 is 1.64 bits per heavy atom. The Kier molecular flexibility index (Phi) is 11.7.